The van der Waals surface area contributed by atoms with Crippen LogP contribution in [0.5, 0.6) is 11.5 Å². The van der Waals surface area contributed by atoms with Crippen LogP contribution in [-0.4, -0.2) is 36.5 Å². The smallest absolute Gasteiger partial charge is 0.178 e. The van der Waals surface area contributed by atoms with Crippen LogP contribution < -0.4 is 9.47 Å². The van der Waals surface area contributed by atoms with Crippen molar-refractivity contribution in [2.24, 2.45) is 0 Å². The van der Waals surface area contributed by atoms with Crippen LogP contribution in [0.1, 0.15) is 20.3 Å². The van der Waals surface area contributed by atoms with Gasteiger partial charge in [0.25, 0.3) is 0 Å². The first-order chi connectivity index (χ1) is 10.0. The zero-order valence-electron chi connectivity index (χ0n) is 12.7. The van der Waals surface area contributed by atoms with Crippen LogP contribution in [0.3, 0.4) is 0 Å². The van der Waals surface area contributed by atoms with Crippen LogP contribution in [0.4, 0.5) is 0 Å². The second kappa shape index (κ2) is 5.03. The lowest BCUT2D eigenvalue weighted by molar-refractivity contribution is 0.0770. The summed E-state index contributed by atoms with van der Waals surface area (Å²) in [6, 6.07) is 3.89. The first-order valence-electron chi connectivity index (χ1n) is 7.00. The molecule has 3 rings (SSSR count). The normalized spacial score (nSPS) is 25.4. The van der Waals surface area contributed by atoms with Gasteiger partial charge >= 0.3 is 0 Å². The number of aromatic nitrogens is 2. The number of ether oxygens (including phenoxy) is 3. The van der Waals surface area contributed by atoms with Gasteiger partial charge < -0.3 is 23.8 Å². The van der Waals surface area contributed by atoms with Gasteiger partial charge in [-0.3, -0.25) is 0 Å². The maximum absolute atomic E-state index is 5.76. The molecule has 2 aromatic rings. The molecule has 1 aromatic heterocycles. The Morgan fingerprint density at radius 3 is 2.57 bits per heavy atom. The summed E-state index contributed by atoms with van der Waals surface area (Å²) >= 11 is 5.54. The van der Waals surface area contributed by atoms with Crippen molar-refractivity contribution in [2.75, 3.05) is 20.8 Å². The second-order valence-corrected chi connectivity index (χ2v) is 6.00. The Kier molecular flexibility index (Phi) is 3.45. The second-order valence-electron chi connectivity index (χ2n) is 5.61. The van der Waals surface area contributed by atoms with E-state index in [0.29, 0.717) is 16.3 Å². The fourth-order valence-electron chi connectivity index (χ4n) is 3.06. The molecule has 1 fully saturated rings. The Morgan fingerprint density at radius 2 is 2.00 bits per heavy atom. The number of benzene rings is 1. The highest BCUT2D eigenvalue weighted by atomic mass is 32.1. The summed E-state index contributed by atoms with van der Waals surface area (Å²) in [5.41, 5.74) is 1.80. The van der Waals surface area contributed by atoms with Crippen molar-refractivity contribution in [1.29, 1.82) is 0 Å². The third kappa shape index (κ3) is 2.05. The summed E-state index contributed by atoms with van der Waals surface area (Å²) in [5.74, 6) is 1.39. The Balaban J connectivity index is 2.28. The molecular formula is C15H20N2O3S. The quantitative estimate of drug-likeness (QED) is 0.884. The third-order valence-electron chi connectivity index (χ3n) is 4.55. The molecule has 114 valence electrons. The Bertz CT molecular complexity index is 736. The monoisotopic (exact) mass is 308 g/mol. The molecule has 2 atom stereocenters. The van der Waals surface area contributed by atoms with E-state index in [-0.39, 0.29) is 11.6 Å². The van der Waals surface area contributed by atoms with Crippen LogP contribution in [0, 0.1) is 4.77 Å². The predicted molar refractivity (Wildman–Crippen MR) is 83.9 cm³/mol. The largest absolute Gasteiger partial charge is 0.493 e. The van der Waals surface area contributed by atoms with Gasteiger partial charge in [-0.05, 0) is 32.5 Å². The molecule has 1 aromatic carbocycles. The van der Waals surface area contributed by atoms with E-state index < -0.39 is 0 Å². The molecule has 5 nitrogen and oxygen atoms in total. The number of methoxy groups -OCH3 is 2. The summed E-state index contributed by atoms with van der Waals surface area (Å²) in [4.78, 5) is 3.26. The number of nitrogens with zero attached hydrogens (tertiary/aromatic N) is 1. The zero-order chi connectivity index (χ0) is 15.2. The van der Waals surface area contributed by atoms with Crippen molar-refractivity contribution < 1.29 is 14.2 Å². The topological polar surface area (TPSA) is 48.4 Å². The number of aromatic amines is 1. The lowest BCUT2D eigenvalue weighted by atomic mass is 9.94. The van der Waals surface area contributed by atoms with Crippen LogP contribution >= 0.6 is 12.2 Å². The summed E-state index contributed by atoms with van der Waals surface area (Å²) < 4.78 is 19.4. The third-order valence-corrected chi connectivity index (χ3v) is 4.83. The van der Waals surface area contributed by atoms with Crippen molar-refractivity contribution in [3.63, 3.8) is 0 Å². The maximum atomic E-state index is 5.76. The van der Waals surface area contributed by atoms with E-state index in [4.69, 9.17) is 26.4 Å². The lowest BCUT2D eigenvalue weighted by Crippen LogP contribution is -2.36. The van der Waals surface area contributed by atoms with Crippen LogP contribution in [-0.2, 0) is 10.3 Å². The highest BCUT2D eigenvalue weighted by Gasteiger charge is 2.40. The van der Waals surface area contributed by atoms with Gasteiger partial charge in [-0.25, -0.2) is 0 Å². The van der Waals surface area contributed by atoms with Crippen molar-refractivity contribution in [1.82, 2.24) is 9.55 Å². The minimum Gasteiger partial charge on any atom is -0.493 e. The zero-order valence-corrected chi connectivity index (χ0v) is 13.5. The van der Waals surface area contributed by atoms with Crippen molar-refractivity contribution in [3.05, 3.63) is 16.9 Å². The molecule has 6 heteroatoms. The van der Waals surface area contributed by atoms with Gasteiger partial charge in [0, 0.05) is 18.7 Å². The number of hydrogen-bond donors (Lipinski definition) is 1. The maximum Gasteiger partial charge on any atom is 0.178 e. The number of nitrogens with one attached hydrogen (secondary N) is 1. The number of hydrogen-bond acceptors (Lipinski definition) is 4. The van der Waals surface area contributed by atoms with Gasteiger partial charge in [-0.2, -0.15) is 0 Å². The van der Waals surface area contributed by atoms with Crippen molar-refractivity contribution in [2.45, 2.75) is 31.9 Å². The number of fused-ring (bicyclic) bond motifs is 1. The summed E-state index contributed by atoms with van der Waals surface area (Å²) in [6.07, 6.45) is 1.04. The Hall–Kier alpha value is -1.53. The fourth-order valence-corrected chi connectivity index (χ4v) is 3.48. The highest BCUT2D eigenvalue weighted by molar-refractivity contribution is 7.71. The van der Waals surface area contributed by atoms with Gasteiger partial charge in [0.15, 0.2) is 16.3 Å². The van der Waals surface area contributed by atoms with Crippen LogP contribution in [0.2, 0.25) is 0 Å². The molecule has 1 aliphatic rings. The van der Waals surface area contributed by atoms with Gasteiger partial charge in [0.2, 0.25) is 0 Å². The minimum atomic E-state index is -0.158. The lowest BCUT2D eigenvalue weighted by Gasteiger charge is -2.30. The average molecular weight is 308 g/mol. The van der Waals surface area contributed by atoms with Crippen molar-refractivity contribution in [3.8, 4) is 11.5 Å². The Morgan fingerprint density at radius 1 is 1.33 bits per heavy atom. The molecule has 2 heterocycles. The van der Waals surface area contributed by atoms with Crippen LogP contribution in [0.25, 0.3) is 11.0 Å². The number of imidazole rings is 1. The van der Waals surface area contributed by atoms with Gasteiger partial charge in [-0.15, -0.1) is 0 Å². The molecule has 0 saturated carbocycles. The fraction of sp³-hybridized carbons (Fsp3) is 0.533. The van der Waals surface area contributed by atoms with E-state index in [0.717, 1.165) is 24.1 Å². The van der Waals surface area contributed by atoms with Gasteiger partial charge in [0.1, 0.15) is 0 Å². The molecule has 1 aliphatic heterocycles. The summed E-state index contributed by atoms with van der Waals surface area (Å²) in [6.45, 7) is 5.03. The SMILES string of the molecule is COc1cc2[nH]c(=S)n(C3(C)CCOC3C)c2cc1OC. The molecule has 0 radical (unpaired) electrons. The van der Waals surface area contributed by atoms with Gasteiger partial charge in [0.05, 0.1) is 36.9 Å². The first kappa shape index (κ1) is 14.4. The van der Waals surface area contributed by atoms with E-state index in [9.17, 15) is 0 Å². The average Bonchev–Trinajstić information content (AvgIpc) is 2.97. The molecule has 0 spiro atoms. The molecule has 0 aliphatic carbocycles. The standard InChI is InChI=1S/C15H20N2O3S/c1-9-15(2,5-6-20-9)17-11-8-13(19-4)12(18-3)7-10(11)16-14(17)21/h7-9H,5-6H2,1-4H3,(H,16,21). The number of rotatable bonds is 3. The molecule has 21 heavy (non-hydrogen) atoms. The molecule has 0 bridgehead atoms. The Labute approximate surface area is 128 Å². The summed E-state index contributed by atoms with van der Waals surface area (Å²) in [7, 11) is 3.27. The minimum absolute atomic E-state index is 0.108. The summed E-state index contributed by atoms with van der Waals surface area (Å²) in [5, 5.41) is 0. The van der Waals surface area contributed by atoms with E-state index in [1.54, 1.807) is 14.2 Å². The van der Waals surface area contributed by atoms with Crippen LogP contribution in [0.15, 0.2) is 12.1 Å². The number of H-pyrrole nitrogens is 1. The first-order valence-corrected chi connectivity index (χ1v) is 7.41. The van der Waals surface area contributed by atoms with Gasteiger partial charge in [-0.1, -0.05) is 0 Å². The molecule has 2 unspecified atom stereocenters. The molecule has 1 N–H and O–H groups in total. The highest BCUT2D eigenvalue weighted by Crippen LogP contribution is 2.39. The van der Waals surface area contributed by atoms with Crippen molar-refractivity contribution >= 4 is 23.3 Å². The predicted octanol–water partition coefficient (Wildman–Crippen LogP) is 3.24. The van der Waals surface area contributed by atoms with E-state index in [1.807, 2.05) is 12.1 Å². The van der Waals surface area contributed by atoms with E-state index >= 15 is 0 Å². The molecule has 0 amide bonds. The van der Waals surface area contributed by atoms with E-state index in [1.165, 1.54) is 0 Å². The van der Waals surface area contributed by atoms with E-state index in [2.05, 4.69) is 23.4 Å². The molecule has 1 saturated heterocycles. The molecular weight excluding hydrogens is 288 g/mol.